The molecule has 0 unspecified atom stereocenters. The lowest BCUT2D eigenvalue weighted by Crippen LogP contribution is -2.65. The molecule has 49 heavy (non-hydrogen) atoms. The first kappa shape index (κ1) is 35.0. The molecule has 1 fully saturated rings. The maximum Gasteiger partial charge on any atom is 0.416 e. The van der Waals surface area contributed by atoms with Gasteiger partial charge in [-0.2, -0.15) is 13.2 Å². The summed E-state index contributed by atoms with van der Waals surface area (Å²) in [6.45, 7) is 4.75. The molecule has 0 radical (unpaired) electrons. The third-order valence-electron chi connectivity index (χ3n) is 7.75. The standard InChI is InChI=1S/C33H31F3N2O11/c1-15-21(46-30-24(40)26(48-31(37)43)27(44-4)32(2,3)49-30)12-11-20-23(39)22(29(42)47-25(15)20)38-28(41)16-7-5-9-18(13-16)45-19-10-6-8-17(14-19)33(34,35)36/h5-14,24,26-27,30,39-40H,1-4H3,(H2,37,43)(H,38,41)/t24-,26+,27-,30-/m1/s1. The SMILES string of the molecule is CO[C@@H]1[C@@H](OC(N)=O)[C@@H](O)[C@H](Oc2ccc3c(O)c(NC(=O)c4cccc(Oc5cccc(C(F)(F)F)c5)c4)c(=O)oc3c2C)OC1(C)C. The van der Waals surface area contributed by atoms with E-state index in [4.69, 9.17) is 33.8 Å². The number of aromatic hydroxyl groups is 1. The molecule has 1 aliphatic heterocycles. The number of aliphatic hydroxyl groups excluding tert-OH is 1. The van der Waals surface area contributed by atoms with E-state index in [2.05, 4.69) is 5.32 Å². The van der Waals surface area contributed by atoms with Gasteiger partial charge >= 0.3 is 17.9 Å². The number of carbonyl (C=O) groups is 2. The average Bonchev–Trinajstić information content (AvgIpc) is 3.02. The summed E-state index contributed by atoms with van der Waals surface area (Å²) in [5.74, 6) is -1.51. The third kappa shape index (κ3) is 7.25. The lowest BCUT2D eigenvalue weighted by molar-refractivity contribution is -0.304. The van der Waals surface area contributed by atoms with Crippen LogP contribution < -0.4 is 26.1 Å². The molecular formula is C33H31F3N2O11. The van der Waals surface area contributed by atoms with E-state index in [0.29, 0.717) is 0 Å². The minimum atomic E-state index is -4.58. The lowest BCUT2D eigenvalue weighted by atomic mass is 9.89. The van der Waals surface area contributed by atoms with Gasteiger partial charge in [-0.1, -0.05) is 12.1 Å². The lowest BCUT2D eigenvalue weighted by Gasteiger charge is -2.47. The molecule has 13 nitrogen and oxygen atoms in total. The van der Waals surface area contributed by atoms with Crippen LogP contribution in [0.15, 0.2) is 69.9 Å². The predicted molar refractivity (Wildman–Crippen MR) is 166 cm³/mol. The predicted octanol–water partition coefficient (Wildman–Crippen LogP) is 5.22. The highest BCUT2D eigenvalue weighted by Gasteiger charge is 2.53. The molecule has 4 atom stereocenters. The van der Waals surface area contributed by atoms with Crippen molar-refractivity contribution in [1.82, 2.24) is 0 Å². The number of nitrogens with two attached hydrogens (primary N) is 1. The Hall–Kier alpha value is -5.32. The van der Waals surface area contributed by atoms with Crippen molar-refractivity contribution in [2.75, 3.05) is 12.4 Å². The Morgan fingerprint density at radius 2 is 1.71 bits per heavy atom. The van der Waals surface area contributed by atoms with Gasteiger partial charge in [-0.15, -0.1) is 0 Å². The molecule has 2 amide bonds. The number of aryl methyl sites for hydroxylation is 1. The maximum atomic E-state index is 13.1. The summed E-state index contributed by atoms with van der Waals surface area (Å²) < 4.78 is 72.5. The highest BCUT2D eigenvalue weighted by Crippen LogP contribution is 2.39. The molecule has 260 valence electrons. The number of fused-ring (bicyclic) bond motifs is 1. The van der Waals surface area contributed by atoms with Gasteiger partial charge < -0.3 is 49.4 Å². The van der Waals surface area contributed by atoms with Crippen molar-refractivity contribution in [3.05, 3.63) is 87.8 Å². The van der Waals surface area contributed by atoms with Crippen LogP contribution in [0.2, 0.25) is 0 Å². The smallest absolute Gasteiger partial charge is 0.416 e. The van der Waals surface area contributed by atoms with Gasteiger partial charge in [0.1, 0.15) is 28.9 Å². The normalized spacial score (nSPS) is 20.4. The van der Waals surface area contributed by atoms with Crippen molar-refractivity contribution in [3.8, 4) is 23.0 Å². The summed E-state index contributed by atoms with van der Waals surface area (Å²) in [6.07, 6.45) is -10.9. The number of nitrogens with one attached hydrogen (secondary N) is 1. The number of primary amides is 1. The van der Waals surface area contributed by atoms with Gasteiger partial charge in [-0.3, -0.25) is 4.79 Å². The highest BCUT2D eigenvalue weighted by atomic mass is 19.4. The molecular weight excluding hydrogens is 657 g/mol. The van der Waals surface area contributed by atoms with Crippen LogP contribution in [0, 0.1) is 6.92 Å². The second-order valence-electron chi connectivity index (χ2n) is 11.5. The average molecular weight is 689 g/mol. The van der Waals surface area contributed by atoms with Gasteiger partial charge in [-0.05, 0) is 69.3 Å². The number of methoxy groups -OCH3 is 1. The molecule has 2 heterocycles. The van der Waals surface area contributed by atoms with E-state index in [1.807, 2.05) is 0 Å². The fourth-order valence-electron chi connectivity index (χ4n) is 5.43. The summed E-state index contributed by atoms with van der Waals surface area (Å²) in [5, 5.41) is 24.3. The van der Waals surface area contributed by atoms with E-state index in [1.54, 1.807) is 13.8 Å². The van der Waals surface area contributed by atoms with Crippen molar-refractivity contribution in [1.29, 1.82) is 0 Å². The summed E-state index contributed by atoms with van der Waals surface area (Å²) in [5.41, 5.74) is 1.48. The Bertz CT molecular complexity index is 1960. The minimum absolute atomic E-state index is 0.0150. The van der Waals surface area contributed by atoms with Crippen LogP contribution in [0.25, 0.3) is 11.0 Å². The van der Waals surface area contributed by atoms with Crippen LogP contribution >= 0.6 is 0 Å². The molecule has 1 saturated heterocycles. The Balaban J connectivity index is 1.38. The topological polar surface area (TPSA) is 189 Å². The molecule has 1 aromatic heterocycles. The monoisotopic (exact) mass is 688 g/mol. The van der Waals surface area contributed by atoms with Crippen molar-refractivity contribution >= 4 is 28.7 Å². The number of anilines is 1. The molecule has 0 aliphatic carbocycles. The van der Waals surface area contributed by atoms with Gasteiger partial charge in [-0.25, -0.2) is 9.59 Å². The molecule has 5 rings (SSSR count). The van der Waals surface area contributed by atoms with Crippen LogP contribution in [0.1, 0.15) is 35.3 Å². The number of halogens is 3. The number of hydrogen-bond acceptors (Lipinski definition) is 11. The molecule has 0 bridgehead atoms. The van der Waals surface area contributed by atoms with Crippen LogP contribution in [0.5, 0.6) is 23.0 Å². The summed E-state index contributed by atoms with van der Waals surface area (Å²) in [7, 11) is 1.34. The van der Waals surface area contributed by atoms with Crippen molar-refractivity contribution in [2.24, 2.45) is 5.73 Å². The number of benzene rings is 3. The molecule has 4 aromatic rings. The molecule has 0 spiro atoms. The summed E-state index contributed by atoms with van der Waals surface area (Å²) >= 11 is 0. The second-order valence-corrected chi connectivity index (χ2v) is 11.5. The maximum absolute atomic E-state index is 13.1. The largest absolute Gasteiger partial charge is 0.505 e. The first-order chi connectivity index (χ1) is 23.0. The number of rotatable bonds is 8. The molecule has 3 aromatic carbocycles. The molecule has 5 N–H and O–H groups in total. The van der Waals surface area contributed by atoms with E-state index >= 15 is 0 Å². The number of aliphatic hydroxyl groups is 1. The Kier molecular flexibility index (Phi) is 9.50. The van der Waals surface area contributed by atoms with Gasteiger partial charge in [0, 0.05) is 18.2 Å². The fraction of sp³-hybridized carbons (Fsp3) is 0.303. The van der Waals surface area contributed by atoms with E-state index < -0.39 is 71.0 Å². The van der Waals surface area contributed by atoms with Gasteiger partial charge in [0.2, 0.25) is 6.29 Å². The van der Waals surface area contributed by atoms with Crippen LogP contribution in [-0.2, 0) is 20.4 Å². The van der Waals surface area contributed by atoms with Crippen LogP contribution in [-0.4, -0.2) is 59.5 Å². The number of ether oxygens (including phenoxy) is 5. The first-order valence-corrected chi connectivity index (χ1v) is 14.6. The molecule has 16 heteroatoms. The number of hydrogen-bond donors (Lipinski definition) is 4. The van der Waals surface area contributed by atoms with Gasteiger partial charge in [0.25, 0.3) is 5.91 Å². The number of carbonyl (C=O) groups excluding carboxylic acids is 2. The first-order valence-electron chi connectivity index (χ1n) is 14.6. The Labute approximate surface area is 275 Å². The van der Waals surface area contributed by atoms with Crippen LogP contribution in [0.3, 0.4) is 0 Å². The third-order valence-corrected chi connectivity index (χ3v) is 7.75. The van der Waals surface area contributed by atoms with Crippen molar-refractivity contribution in [3.63, 3.8) is 0 Å². The number of amides is 2. The van der Waals surface area contributed by atoms with Crippen molar-refractivity contribution in [2.45, 2.75) is 57.2 Å². The van der Waals surface area contributed by atoms with Gasteiger partial charge in [0.05, 0.1) is 16.6 Å². The zero-order chi connectivity index (χ0) is 35.8. The Morgan fingerprint density at radius 3 is 2.37 bits per heavy atom. The van der Waals surface area contributed by atoms with Crippen molar-refractivity contribution < 1.29 is 61.1 Å². The summed E-state index contributed by atoms with van der Waals surface area (Å²) in [6, 6.07) is 12.3. The fourth-order valence-corrected chi connectivity index (χ4v) is 5.43. The van der Waals surface area contributed by atoms with E-state index in [1.165, 1.54) is 62.6 Å². The summed E-state index contributed by atoms with van der Waals surface area (Å²) in [4.78, 5) is 37.6. The quantitative estimate of drug-likeness (QED) is 0.178. The second kappa shape index (κ2) is 13.3. The molecule has 1 aliphatic rings. The number of alkyl halides is 3. The Morgan fingerprint density at radius 1 is 1.04 bits per heavy atom. The van der Waals surface area contributed by atoms with Gasteiger partial charge in [0.15, 0.2) is 23.6 Å². The van der Waals surface area contributed by atoms with E-state index in [-0.39, 0.29) is 39.3 Å². The zero-order valence-electron chi connectivity index (χ0n) is 26.4. The van der Waals surface area contributed by atoms with Crippen LogP contribution in [0.4, 0.5) is 23.7 Å². The highest BCUT2D eigenvalue weighted by molar-refractivity contribution is 6.06. The molecule has 0 saturated carbocycles. The minimum Gasteiger partial charge on any atom is -0.505 e. The zero-order valence-corrected chi connectivity index (χ0v) is 26.4. The van der Waals surface area contributed by atoms with E-state index in [9.17, 15) is 37.8 Å². The van der Waals surface area contributed by atoms with E-state index in [0.717, 1.165) is 12.1 Å².